The predicted molar refractivity (Wildman–Crippen MR) is 78.9 cm³/mol. The summed E-state index contributed by atoms with van der Waals surface area (Å²) >= 11 is 0. The Morgan fingerprint density at radius 2 is 1.95 bits per heavy atom. The van der Waals surface area contributed by atoms with Gasteiger partial charge in [0.15, 0.2) is 11.5 Å². The summed E-state index contributed by atoms with van der Waals surface area (Å²) in [5.41, 5.74) is 6.71. The third-order valence-electron chi connectivity index (χ3n) is 3.20. The fourth-order valence-electron chi connectivity index (χ4n) is 2.17. The first-order valence-electron chi connectivity index (χ1n) is 6.20. The molecule has 0 aliphatic rings. The molecule has 0 radical (unpaired) electrons. The Hall–Kier alpha value is -2.54. The summed E-state index contributed by atoms with van der Waals surface area (Å²) in [6.07, 6.45) is 1.39. The number of aliphatic hydroxyl groups excluding tert-OH is 1. The minimum atomic E-state index is -0.616. The molecule has 0 aliphatic carbocycles. The van der Waals surface area contributed by atoms with Crippen LogP contribution in [0.5, 0.6) is 11.5 Å². The van der Waals surface area contributed by atoms with Crippen molar-refractivity contribution in [3.8, 4) is 11.5 Å². The minimum absolute atomic E-state index is 0.228. The van der Waals surface area contributed by atoms with Gasteiger partial charge in [0.25, 0.3) is 5.91 Å². The van der Waals surface area contributed by atoms with Crippen LogP contribution in [0.15, 0.2) is 18.3 Å². The zero-order chi connectivity index (χ0) is 15.6. The van der Waals surface area contributed by atoms with Crippen molar-refractivity contribution >= 4 is 22.5 Å². The molecule has 1 aromatic carbocycles. The van der Waals surface area contributed by atoms with Gasteiger partial charge in [-0.2, -0.15) is 0 Å². The standard InChI is InChI=1S/C14H17N3O4/c1-17(7-18)13-8-4-11(20-2)12(21-3)5-10(8)16-6-9(13)14(15)19/h4-6,18H,7H2,1-3H3,(H2,15,19). The number of rotatable bonds is 5. The average molecular weight is 291 g/mol. The number of ether oxygens (including phenoxy) is 2. The molecule has 7 nitrogen and oxygen atoms in total. The summed E-state index contributed by atoms with van der Waals surface area (Å²) in [6.45, 7) is -0.270. The Balaban J connectivity index is 2.84. The number of hydrogen-bond acceptors (Lipinski definition) is 6. The summed E-state index contributed by atoms with van der Waals surface area (Å²) in [7, 11) is 4.70. The zero-order valence-corrected chi connectivity index (χ0v) is 12.1. The van der Waals surface area contributed by atoms with E-state index >= 15 is 0 Å². The lowest BCUT2D eigenvalue weighted by Crippen LogP contribution is -2.23. The fourth-order valence-corrected chi connectivity index (χ4v) is 2.17. The molecule has 0 unspecified atom stereocenters. The Labute approximate surface area is 121 Å². The first kappa shape index (κ1) is 14.9. The topological polar surface area (TPSA) is 97.9 Å². The van der Waals surface area contributed by atoms with Crippen molar-refractivity contribution in [1.29, 1.82) is 0 Å². The van der Waals surface area contributed by atoms with Gasteiger partial charge in [-0.3, -0.25) is 9.78 Å². The van der Waals surface area contributed by atoms with Gasteiger partial charge in [0, 0.05) is 24.7 Å². The normalized spacial score (nSPS) is 10.5. The van der Waals surface area contributed by atoms with Crippen LogP contribution in [0.4, 0.5) is 5.69 Å². The van der Waals surface area contributed by atoms with E-state index in [0.717, 1.165) is 0 Å². The SMILES string of the molecule is COc1cc2ncc(C(N)=O)c(N(C)CO)c2cc1OC. The van der Waals surface area contributed by atoms with E-state index < -0.39 is 5.91 Å². The van der Waals surface area contributed by atoms with Gasteiger partial charge in [-0.05, 0) is 6.07 Å². The number of methoxy groups -OCH3 is 2. The molecule has 21 heavy (non-hydrogen) atoms. The number of hydrogen-bond donors (Lipinski definition) is 2. The number of aliphatic hydroxyl groups is 1. The molecule has 0 saturated carbocycles. The highest BCUT2D eigenvalue weighted by atomic mass is 16.5. The molecule has 3 N–H and O–H groups in total. The number of carbonyl (C=O) groups is 1. The van der Waals surface area contributed by atoms with Crippen LogP contribution in [0.25, 0.3) is 10.9 Å². The smallest absolute Gasteiger partial charge is 0.252 e. The highest BCUT2D eigenvalue weighted by molar-refractivity contribution is 6.07. The van der Waals surface area contributed by atoms with E-state index in [1.54, 1.807) is 19.2 Å². The first-order valence-corrected chi connectivity index (χ1v) is 6.20. The number of aromatic nitrogens is 1. The monoisotopic (exact) mass is 291 g/mol. The van der Waals surface area contributed by atoms with Crippen molar-refractivity contribution in [1.82, 2.24) is 4.98 Å². The molecule has 0 aliphatic heterocycles. The molecule has 0 spiro atoms. The number of primary amides is 1. The third-order valence-corrected chi connectivity index (χ3v) is 3.20. The highest BCUT2D eigenvalue weighted by Crippen LogP contribution is 2.36. The van der Waals surface area contributed by atoms with Gasteiger partial charge in [0.2, 0.25) is 0 Å². The molecule has 0 fully saturated rings. The van der Waals surface area contributed by atoms with E-state index in [1.807, 2.05) is 0 Å². The largest absolute Gasteiger partial charge is 0.493 e. The van der Waals surface area contributed by atoms with Crippen molar-refractivity contribution in [3.05, 3.63) is 23.9 Å². The molecular weight excluding hydrogens is 274 g/mol. The maximum absolute atomic E-state index is 11.6. The van der Waals surface area contributed by atoms with Gasteiger partial charge in [-0.15, -0.1) is 0 Å². The lowest BCUT2D eigenvalue weighted by atomic mass is 10.1. The number of benzene rings is 1. The van der Waals surface area contributed by atoms with Crippen LogP contribution < -0.4 is 20.1 Å². The molecular formula is C14H17N3O4. The number of fused-ring (bicyclic) bond motifs is 1. The quantitative estimate of drug-likeness (QED) is 0.788. The maximum atomic E-state index is 11.6. The summed E-state index contributed by atoms with van der Waals surface area (Å²) < 4.78 is 10.5. The molecule has 112 valence electrons. The Morgan fingerprint density at radius 3 is 2.48 bits per heavy atom. The maximum Gasteiger partial charge on any atom is 0.252 e. The number of nitrogens with zero attached hydrogens (tertiary/aromatic N) is 2. The number of amides is 1. The van der Waals surface area contributed by atoms with Gasteiger partial charge in [0.05, 0.1) is 31.0 Å². The van der Waals surface area contributed by atoms with Crippen LogP contribution in [0, 0.1) is 0 Å². The summed E-state index contributed by atoms with van der Waals surface area (Å²) in [6, 6.07) is 3.41. The second-order valence-corrected chi connectivity index (χ2v) is 4.45. The molecule has 0 saturated heterocycles. The van der Waals surface area contributed by atoms with E-state index in [-0.39, 0.29) is 12.3 Å². The molecule has 2 rings (SSSR count). The van der Waals surface area contributed by atoms with E-state index in [4.69, 9.17) is 15.2 Å². The number of carbonyl (C=O) groups excluding carboxylic acids is 1. The van der Waals surface area contributed by atoms with Crippen molar-refractivity contribution in [3.63, 3.8) is 0 Å². The van der Waals surface area contributed by atoms with Crippen molar-refractivity contribution < 1.29 is 19.4 Å². The number of anilines is 1. The Morgan fingerprint density at radius 1 is 1.33 bits per heavy atom. The first-order chi connectivity index (χ1) is 10.0. The second kappa shape index (κ2) is 5.84. The molecule has 1 amide bonds. The average Bonchev–Trinajstić information content (AvgIpc) is 2.51. The minimum Gasteiger partial charge on any atom is -0.493 e. The third kappa shape index (κ3) is 2.55. The predicted octanol–water partition coefficient (Wildman–Crippen LogP) is 0.737. The lowest BCUT2D eigenvalue weighted by molar-refractivity contribution is 0.100. The van der Waals surface area contributed by atoms with E-state index in [2.05, 4.69) is 4.98 Å². The summed E-state index contributed by atoms with van der Waals surface area (Å²) in [4.78, 5) is 17.3. The van der Waals surface area contributed by atoms with Crippen molar-refractivity contribution in [2.45, 2.75) is 0 Å². The highest BCUT2D eigenvalue weighted by Gasteiger charge is 2.18. The van der Waals surface area contributed by atoms with Gasteiger partial charge in [-0.1, -0.05) is 0 Å². The molecule has 0 bridgehead atoms. The van der Waals surface area contributed by atoms with E-state index in [9.17, 15) is 9.90 Å². The van der Waals surface area contributed by atoms with Crippen LogP contribution in [0.3, 0.4) is 0 Å². The van der Waals surface area contributed by atoms with Crippen molar-refractivity contribution in [2.24, 2.45) is 5.73 Å². The van der Waals surface area contributed by atoms with Crippen LogP contribution in [0.2, 0.25) is 0 Å². The Bertz CT molecular complexity index is 687. The lowest BCUT2D eigenvalue weighted by Gasteiger charge is -2.21. The van der Waals surface area contributed by atoms with Crippen LogP contribution in [-0.4, -0.2) is 44.0 Å². The number of nitrogens with two attached hydrogens (primary N) is 1. The fraction of sp³-hybridized carbons (Fsp3) is 0.286. The molecule has 2 aromatic rings. The zero-order valence-electron chi connectivity index (χ0n) is 12.1. The summed E-state index contributed by atoms with van der Waals surface area (Å²) in [5, 5.41) is 10.0. The van der Waals surface area contributed by atoms with Gasteiger partial charge in [-0.25, -0.2) is 0 Å². The molecule has 7 heteroatoms. The van der Waals surface area contributed by atoms with Crippen LogP contribution >= 0.6 is 0 Å². The summed E-state index contributed by atoms with van der Waals surface area (Å²) in [5.74, 6) is 0.414. The van der Waals surface area contributed by atoms with Crippen LogP contribution in [0.1, 0.15) is 10.4 Å². The molecule has 1 aromatic heterocycles. The molecule has 0 atom stereocenters. The van der Waals surface area contributed by atoms with Gasteiger partial charge in [0.1, 0.15) is 6.73 Å². The van der Waals surface area contributed by atoms with E-state index in [0.29, 0.717) is 28.1 Å². The Kier molecular flexibility index (Phi) is 4.13. The van der Waals surface area contributed by atoms with Crippen molar-refractivity contribution in [2.75, 3.05) is 32.9 Å². The van der Waals surface area contributed by atoms with Gasteiger partial charge >= 0.3 is 0 Å². The van der Waals surface area contributed by atoms with Gasteiger partial charge < -0.3 is 25.2 Å². The number of pyridine rings is 1. The van der Waals surface area contributed by atoms with E-state index in [1.165, 1.54) is 25.3 Å². The molecule has 1 heterocycles. The van der Waals surface area contributed by atoms with Crippen LogP contribution in [-0.2, 0) is 0 Å². The second-order valence-electron chi connectivity index (χ2n) is 4.45.